The fraction of sp³-hybridized carbons (Fsp3) is 0.200. The smallest absolute Gasteiger partial charge is 0.166 e. The molecule has 6 rings (SSSR count). The molecule has 1 N–H and O–H groups in total. The van der Waals surface area contributed by atoms with Gasteiger partial charge in [-0.05, 0) is 42.9 Å². The SMILES string of the molecule is CN1CCN(c2ncc(-c3ncnc4ccc(-c5c[nH]c6ncccc56)cc34)cc2F)CC1. The standard InChI is InChI=1S/C25H22FN7/c1-32-7-9-33(10-8-32)25-21(26)12-17(13-29-25)23-19-11-16(4-5-22(19)30-15-31-23)20-14-28-24-18(20)3-2-6-27-24/h2-6,11-15H,7-10H2,1H3,(H,27,28). The summed E-state index contributed by atoms with van der Waals surface area (Å²) in [5.74, 6) is 0.0693. The van der Waals surface area contributed by atoms with Gasteiger partial charge < -0.3 is 14.8 Å². The minimum atomic E-state index is -0.331. The zero-order chi connectivity index (χ0) is 22.4. The lowest BCUT2D eigenvalue weighted by molar-refractivity contribution is 0.310. The molecule has 0 spiro atoms. The average Bonchev–Trinajstić information content (AvgIpc) is 3.28. The third-order valence-corrected chi connectivity index (χ3v) is 6.30. The number of pyridine rings is 2. The maximum Gasteiger partial charge on any atom is 0.166 e. The maximum absolute atomic E-state index is 15.1. The van der Waals surface area contributed by atoms with E-state index in [9.17, 15) is 0 Å². The monoisotopic (exact) mass is 439 g/mol. The van der Waals surface area contributed by atoms with Gasteiger partial charge in [0.05, 0.1) is 11.2 Å². The van der Waals surface area contributed by atoms with Crippen LogP contribution >= 0.6 is 0 Å². The van der Waals surface area contributed by atoms with Crippen molar-refractivity contribution in [1.29, 1.82) is 0 Å². The van der Waals surface area contributed by atoms with Gasteiger partial charge in [0.2, 0.25) is 0 Å². The summed E-state index contributed by atoms with van der Waals surface area (Å²) in [4.78, 5) is 25.2. The summed E-state index contributed by atoms with van der Waals surface area (Å²) < 4.78 is 15.1. The van der Waals surface area contributed by atoms with Crippen LogP contribution in [0, 0.1) is 5.82 Å². The Kier molecular flexibility index (Phi) is 4.73. The van der Waals surface area contributed by atoms with Crippen LogP contribution in [0.5, 0.6) is 0 Å². The molecule has 5 heterocycles. The van der Waals surface area contributed by atoms with Crippen LogP contribution in [-0.4, -0.2) is 63.0 Å². The van der Waals surface area contributed by atoms with Crippen LogP contribution in [0.2, 0.25) is 0 Å². The van der Waals surface area contributed by atoms with Crippen LogP contribution in [0.15, 0.2) is 61.3 Å². The van der Waals surface area contributed by atoms with Crippen LogP contribution in [0.3, 0.4) is 0 Å². The normalized spacial score (nSPS) is 14.9. The third-order valence-electron chi connectivity index (χ3n) is 6.30. The van der Waals surface area contributed by atoms with Crippen molar-refractivity contribution in [2.75, 3.05) is 38.1 Å². The number of nitrogens with one attached hydrogen (secondary N) is 1. The Bertz CT molecular complexity index is 1470. The van der Waals surface area contributed by atoms with Crippen LogP contribution in [-0.2, 0) is 0 Å². The highest BCUT2D eigenvalue weighted by molar-refractivity contribution is 5.99. The number of hydrogen-bond acceptors (Lipinski definition) is 6. The van der Waals surface area contributed by atoms with Gasteiger partial charge in [-0.15, -0.1) is 0 Å². The van der Waals surface area contributed by atoms with Crippen molar-refractivity contribution in [3.63, 3.8) is 0 Å². The molecular formula is C25H22FN7. The molecule has 5 aromatic rings. The highest BCUT2D eigenvalue weighted by atomic mass is 19.1. The first-order valence-electron chi connectivity index (χ1n) is 10.9. The van der Waals surface area contributed by atoms with Gasteiger partial charge >= 0.3 is 0 Å². The quantitative estimate of drug-likeness (QED) is 0.456. The van der Waals surface area contributed by atoms with Gasteiger partial charge in [0.15, 0.2) is 11.6 Å². The fourth-order valence-corrected chi connectivity index (χ4v) is 4.46. The highest BCUT2D eigenvalue weighted by Gasteiger charge is 2.20. The number of halogens is 1. The summed E-state index contributed by atoms with van der Waals surface area (Å²) in [6.45, 7) is 3.31. The van der Waals surface area contributed by atoms with Gasteiger partial charge in [0.1, 0.15) is 12.0 Å². The summed E-state index contributed by atoms with van der Waals surface area (Å²) in [6.07, 6.45) is 6.94. The van der Waals surface area contributed by atoms with Crippen molar-refractivity contribution >= 4 is 27.8 Å². The molecule has 4 aromatic heterocycles. The highest BCUT2D eigenvalue weighted by Crippen LogP contribution is 2.33. The molecule has 1 saturated heterocycles. The second-order valence-electron chi connectivity index (χ2n) is 8.38. The van der Waals surface area contributed by atoms with E-state index >= 15 is 4.39 Å². The summed E-state index contributed by atoms with van der Waals surface area (Å²) in [5.41, 5.74) is 4.99. The predicted octanol–water partition coefficient (Wildman–Crippen LogP) is 4.13. The zero-order valence-electron chi connectivity index (χ0n) is 18.2. The maximum atomic E-state index is 15.1. The Balaban J connectivity index is 1.42. The minimum absolute atomic E-state index is 0.331. The summed E-state index contributed by atoms with van der Waals surface area (Å²) >= 11 is 0. The van der Waals surface area contributed by atoms with E-state index in [-0.39, 0.29) is 5.82 Å². The van der Waals surface area contributed by atoms with Crippen molar-refractivity contribution in [3.05, 3.63) is 67.1 Å². The number of aromatic amines is 1. The van der Waals surface area contributed by atoms with Crippen LogP contribution in [0.4, 0.5) is 10.2 Å². The largest absolute Gasteiger partial charge is 0.352 e. The molecule has 164 valence electrons. The average molecular weight is 439 g/mol. The molecular weight excluding hydrogens is 417 g/mol. The Hall–Kier alpha value is -3.91. The molecule has 8 heteroatoms. The molecule has 0 bridgehead atoms. The van der Waals surface area contributed by atoms with E-state index in [2.05, 4.69) is 36.9 Å². The predicted molar refractivity (Wildman–Crippen MR) is 128 cm³/mol. The van der Waals surface area contributed by atoms with Gasteiger partial charge in [-0.2, -0.15) is 0 Å². The van der Waals surface area contributed by atoms with E-state index in [0.29, 0.717) is 17.1 Å². The van der Waals surface area contributed by atoms with E-state index in [4.69, 9.17) is 0 Å². The van der Waals surface area contributed by atoms with Gasteiger partial charge in [-0.25, -0.2) is 24.3 Å². The third kappa shape index (κ3) is 3.48. The number of rotatable bonds is 3. The van der Waals surface area contributed by atoms with E-state index in [1.807, 2.05) is 41.4 Å². The summed E-state index contributed by atoms with van der Waals surface area (Å²) in [7, 11) is 2.07. The van der Waals surface area contributed by atoms with Crippen molar-refractivity contribution in [2.24, 2.45) is 0 Å². The fourth-order valence-electron chi connectivity index (χ4n) is 4.46. The van der Waals surface area contributed by atoms with Gasteiger partial charge in [-0.3, -0.25) is 0 Å². The summed E-state index contributed by atoms with van der Waals surface area (Å²) in [5, 5.41) is 1.89. The first-order chi connectivity index (χ1) is 16.2. The van der Waals surface area contributed by atoms with E-state index < -0.39 is 0 Å². The summed E-state index contributed by atoms with van der Waals surface area (Å²) in [6, 6.07) is 11.5. The molecule has 0 unspecified atom stereocenters. The van der Waals surface area contributed by atoms with E-state index in [1.165, 1.54) is 12.4 Å². The molecule has 0 amide bonds. The van der Waals surface area contributed by atoms with Crippen LogP contribution in [0.1, 0.15) is 0 Å². The van der Waals surface area contributed by atoms with Crippen LogP contribution in [0.25, 0.3) is 44.3 Å². The van der Waals surface area contributed by atoms with Crippen molar-refractivity contribution < 1.29 is 4.39 Å². The molecule has 1 aliphatic heterocycles. The number of nitrogens with zero attached hydrogens (tertiary/aromatic N) is 6. The molecule has 0 atom stereocenters. The van der Waals surface area contributed by atoms with Crippen molar-refractivity contribution in [1.82, 2.24) is 29.8 Å². The number of H-pyrrole nitrogens is 1. The van der Waals surface area contributed by atoms with Crippen LogP contribution < -0.4 is 4.90 Å². The lowest BCUT2D eigenvalue weighted by Gasteiger charge is -2.33. The Morgan fingerprint density at radius 2 is 1.79 bits per heavy atom. The minimum Gasteiger partial charge on any atom is -0.352 e. The Morgan fingerprint density at radius 3 is 2.64 bits per heavy atom. The lowest BCUT2D eigenvalue weighted by atomic mass is 10.0. The molecule has 1 aliphatic rings. The number of likely N-dealkylation sites (N-methyl/N-ethyl adjacent to an activating group) is 1. The second-order valence-corrected chi connectivity index (χ2v) is 8.38. The molecule has 7 nitrogen and oxygen atoms in total. The first-order valence-corrected chi connectivity index (χ1v) is 10.9. The topological polar surface area (TPSA) is 73.8 Å². The second kappa shape index (κ2) is 7.90. The number of piperazine rings is 1. The van der Waals surface area contributed by atoms with Crippen molar-refractivity contribution in [2.45, 2.75) is 0 Å². The molecule has 0 radical (unpaired) electrons. The number of benzene rings is 1. The molecule has 33 heavy (non-hydrogen) atoms. The van der Waals surface area contributed by atoms with Gasteiger partial charge in [0, 0.05) is 66.7 Å². The van der Waals surface area contributed by atoms with Gasteiger partial charge in [0.25, 0.3) is 0 Å². The van der Waals surface area contributed by atoms with E-state index in [0.717, 1.165) is 59.2 Å². The number of fused-ring (bicyclic) bond motifs is 2. The van der Waals surface area contributed by atoms with E-state index in [1.54, 1.807) is 12.4 Å². The zero-order valence-corrected chi connectivity index (χ0v) is 18.2. The Morgan fingerprint density at radius 1 is 0.909 bits per heavy atom. The van der Waals surface area contributed by atoms with Gasteiger partial charge in [-0.1, -0.05) is 6.07 Å². The lowest BCUT2D eigenvalue weighted by Crippen LogP contribution is -2.45. The Labute approximate surface area is 190 Å². The number of anilines is 1. The molecule has 1 aromatic carbocycles. The van der Waals surface area contributed by atoms with Crippen molar-refractivity contribution in [3.8, 4) is 22.4 Å². The number of aromatic nitrogens is 5. The molecule has 1 fully saturated rings. The molecule has 0 saturated carbocycles. The number of hydrogen-bond donors (Lipinski definition) is 1. The molecule has 0 aliphatic carbocycles. The first kappa shape index (κ1) is 19.8.